The monoisotopic (exact) mass is 265 g/mol. The SMILES string of the molecule is CCC1CCC(c2noc(CC3CNCCO3)n2)C1. The topological polar surface area (TPSA) is 60.2 Å². The minimum Gasteiger partial charge on any atom is -0.375 e. The largest absolute Gasteiger partial charge is 0.375 e. The van der Waals surface area contributed by atoms with Crippen LogP contribution in [0.5, 0.6) is 0 Å². The van der Waals surface area contributed by atoms with Crippen LogP contribution in [-0.4, -0.2) is 35.9 Å². The van der Waals surface area contributed by atoms with E-state index in [0.29, 0.717) is 5.92 Å². The molecule has 2 heterocycles. The summed E-state index contributed by atoms with van der Waals surface area (Å²) < 4.78 is 11.0. The van der Waals surface area contributed by atoms with E-state index in [0.717, 1.165) is 43.8 Å². The summed E-state index contributed by atoms with van der Waals surface area (Å²) in [7, 11) is 0. The number of nitrogens with zero attached hydrogens (tertiary/aromatic N) is 2. The molecule has 0 bridgehead atoms. The standard InChI is InChI=1S/C14H23N3O2/c1-2-10-3-4-11(7-10)14-16-13(19-17-14)8-12-9-15-5-6-18-12/h10-12,15H,2-9H2,1H3. The average Bonchev–Trinajstić information content (AvgIpc) is 3.08. The van der Waals surface area contributed by atoms with Gasteiger partial charge in [0.05, 0.1) is 19.1 Å². The van der Waals surface area contributed by atoms with Crippen LogP contribution >= 0.6 is 0 Å². The normalized spacial score (nSPS) is 31.7. The van der Waals surface area contributed by atoms with Gasteiger partial charge < -0.3 is 14.6 Å². The lowest BCUT2D eigenvalue weighted by Gasteiger charge is -2.21. The molecular weight excluding hydrogens is 242 g/mol. The average molecular weight is 265 g/mol. The van der Waals surface area contributed by atoms with E-state index < -0.39 is 0 Å². The van der Waals surface area contributed by atoms with Gasteiger partial charge in [0.15, 0.2) is 5.82 Å². The second-order valence-corrected chi connectivity index (χ2v) is 5.73. The van der Waals surface area contributed by atoms with E-state index in [2.05, 4.69) is 22.4 Å². The molecule has 106 valence electrons. The molecule has 0 amide bonds. The second kappa shape index (κ2) is 6.01. The zero-order valence-corrected chi connectivity index (χ0v) is 11.6. The zero-order valence-electron chi connectivity index (χ0n) is 11.6. The lowest BCUT2D eigenvalue weighted by Crippen LogP contribution is -2.39. The Bertz CT molecular complexity index is 401. The van der Waals surface area contributed by atoms with Crippen molar-refractivity contribution >= 4 is 0 Å². The number of nitrogens with one attached hydrogen (secondary N) is 1. The maximum Gasteiger partial charge on any atom is 0.229 e. The first kappa shape index (κ1) is 13.1. The number of aromatic nitrogens is 2. The summed E-state index contributed by atoms with van der Waals surface area (Å²) in [4.78, 5) is 4.57. The molecular formula is C14H23N3O2. The molecule has 5 heteroatoms. The first-order chi connectivity index (χ1) is 9.35. The van der Waals surface area contributed by atoms with Crippen LogP contribution in [0.2, 0.25) is 0 Å². The van der Waals surface area contributed by atoms with E-state index in [1.807, 2.05) is 0 Å². The molecule has 1 saturated carbocycles. The van der Waals surface area contributed by atoms with Gasteiger partial charge in [0.2, 0.25) is 5.89 Å². The Hall–Kier alpha value is -0.940. The Morgan fingerprint density at radius 2 is 2.32 bits per heavy atom. The molecule has 1 aromatic rings. The van der Waals surface area contributed by atoms with E-state index in [1.165, 1.54) is 25.7 Å². The van der Waals surface area contributed by atoms with Crippen LogP contribution in [0, 0.1) is 5.92 Å². The Morgan fingerprint density at radius 3 is 3.05 bits per heavy atom. The van der Waals surface area contributed by atoms with Crippen LogP contribution in [-0.2, 0) is 11.2 Å². The third-order valence-corrected chi connectivity index (χ3v) is 4.37. The van der Waals surface area contributed by atoms with Crippen molar-refractivity contribution in [3.63, 3.8) is 0 Å². The summed E-state index contributed by atoms with van der Waals surface area (Å²) in [5.41, 5.74) is 0. The maximum atomic E-state index is 5.66. The molecule has 3 atom stereocenters. The summed E-state index contributed by atoms with van der Waals surface area (Å²) >= 11 is 0. The fourth-order valence-corrected chi connectivity index (χ4v) is 3.14. The van der Waals surface area contributed by atoms with Crippen molar-refractivity contribution in [2.45, 2.75) is 51.0 Å². The van der Waals surface area contributed by atoms with Gasteiger partial charge in [0.1, 0.15) is 0 Å². The van der Waals surface area contributed by atoms with Crippen LogP contribution < -0.4 is 5.32 Å². The molecule has 2 fully saturated rings. The minimum absolute atomic E-state index is 0.175. The Balaban J connectivity index is 1.57. The third kappa shape index (κ3) is 3.15. The smallest absolute Gasteiger partial charge is 0.229 e. The molecule has 2 aliphatic rings. The Morgan fingerprint density at radius 1 is 1.37 bits per heavy atom. The zero-order chi connectivity index (χ0) is 13.1. The molecule has 0 radical (unpaired) electrons. The van der Waals surface area contributed by atoms with Gasteiger partial charge in [-0.1, -0.05) is 18.5 Å². The number of ether oxygens (including phenoxy) is 1. The first-order valence-corrected chi connectivity index (χ1v) is 7.50. The summed E-state index contributed by atoms with van der Waals surface area (Å²) in [6.07, 6.45) is 5.90. The fourth-order valence-electron chi connectivity index (χ4n) is 3.14. The van der Waals surface area contributed by atoms with Gasteiger partial charge in [0, 0.05) is 19.0 Å². The molecule has 1 aromatic heterocycles. The van der Waals surface area contributed by atoms with Crippen molar-refractivity contribution in [3.05, 3.63) is 11.7 Å². The lowest BCUT2D eigenvalue weighted by molar-refractivity contribution is 0.0246. The number of hydrogen-bond donors (Lipinski definition) is 1. The van der Waals surface area contributed by atoms with Crippen LogP contribution in [0.1, 0.15) is 50.2 Å². The summed E-state index contributed by atoms with van der Waals surface area (Å²) in [5.74, 6) is 2.99. The summed E-state index contributed by atoms with van der Waals surface area (Å²) in [6.45, 7) is 4.85. The van der Waals surface area contributed by atoms with Crippen LogP contribution in [0.3, 0.4) is 0 Å². The first-order valence-electron chi connectivity index (χ1n) is 7.50. The predicted octanol–water partition coefficient (Wildman–Crippen LogP) is 1.89. The summed E-state index contributed by atoms with van der Waals surface area (Å²) in [6, 6.07) is 0. The van der Waals surface area contributed by atoms with E-state index in [4.69, 9.17) is 9.26 Å². The Kier molecular flexibility index (Phi) is 4.13. The number of rotatable bonds is 4. The Labute approximate surface area is 114 Å². The van der Waals surface area contributed by atoms with Gasteiger partial charge in [-0.25, -0.2) is 0 Å². The van der Waals surface area contributed by atoms with Gasteiger partial charge in [0.25, 0.3) is 0 Å². The maximum absolute atomic E-state index is 5.66. The van der Waals surface area contributed by atoms with Gasteiger partial charge >= 0.3 is 0 Å². The van der Waals surface area contributed by atoms with E-state index in [9.17, 15) is 0 Å². The predicted molar refractivity (Wildman–Crippen MR) is 71.0 cm³/mol. The molecule has 1 N–H and O–H groups in total. The van der Waals surface area contributed by atoms with Crippen LogP contribution in [0.4, 0.5) is 0 Å². The van der Waals surface area contributed by atoms with Crippen molar-refractivity contribution in [2.75, 3.05) is 19.7 Å². The van der Waals surface area contributed by atoms with Crippen LogP contribution in [0.25, 0.3) is 0 Å². The highest BCUT2D eigenvalue weighted by atomic mass is 16.5. The van der Waals surface area contributed by atoms with E-state index >= 15 is 0 Å². The molecule has 3 unspecified atom stereocenters. The van der Waals surface area contributed by atoms with Crippen LogP contribution in [0.15, 0.2) is 4.52 Å². The lowest BCUT2D eigenvalue weighted by atomic mass is 10.0. The fraction of sp³-hybridized carbons (Fsp3) is 0.857. The third-order valence-electron chi connectivity index (χ3n) is 4.37. The molecule has 3 rings (SSSR count). The number of morpholine rings is 1. The number of hydrogen-bond acceptors (Lipinski definition) is 5. The second-order valence-electron chi connectivity index (χ2n) is 5.73. The molecule has 5 nitrogen and oxygen atoms in total. The molecule has 19 heavy (non-hydrogen) atoms. The molecule has 0 spiro atoms. The van der Waals surface area contributed by atoms with Crippen molar-refractivity contribution < 1.29 is 9.26 Å². The highest BCUT2D eigenvalue weighted by Gasteiger charge is 2.28. The minimum atomic E-state index is 0.175. The van der Waals surface area contributed by atoms with Gasteiger partial charge in [-0.05, 0) is 25.2 Å². The van der Waals surface area contributed by atoms with Gasteiger partial charge in [-0.15, -0.1) is 0 Å². The van der Waals surface area contributed by atoms with E-state index in [-0.39, 0.29) is 6.10 Å². The van der Waals surface area contributed by atoms with Crippen molar-refractivity contribution in [2.24, 2.45) is 5.92 Å². The van der Waals surface area contributed by atoms with Crippen molar-refractivity contribution in [1.29, 1.82) is 0 Å². The van der Waals surface area contributed by atoms with Gasteiger partial charge in [-0.2, -0.15) is 4.98 Å². The quantitative estimate of drug-likeness (QED) is 0.901. The van der Waals surface area contributed by atoms with Crippen molar-refractivity contribution in [3.8, 4) is 0 Å². The summed E-state index contributed by atoms with van der Waals surface area (Å²) in [5, 5.41) is 7.49. The van der Waals surface area contributed by atoms with Gasteiger partial charge in [-0.3, -0.25) is 0 Å². The molecule has 0 aromatic carbocycles. The molecule has 1 saturated heterocycles. The molecule has 1 aliphatic heterocycles. The molecule has 1 aliphatic carbocycles. The highest BCUT2D eigenvalue weighted by molar-refractivity contribution is 5.00. The van der Waals surface area contributed by atoms with Crippen molar-refractivity contribution in [1.82, 2.24) is 15.5 Å². The van der Waals surface area contributed by atoms with E-state index in [1.54, 1.807) is 0 Å². The highest BCUT2D eigenvalue weighted by Crippen LogP contribution is 2.38.